The van der Waals surface area contributed by atoms with E-state index in [1.165, 1.54) is 5.56 Å². The zero-order valence-electron chi connectivity index (χ0n) is 10.7. The molecule has 2 rings (SSSR count). The Labute approximate surface area is 103 Å². The molecular weight excluding hydrogens is 216 g/mol. The Balaban J connectivity index is 1.92. The molecule has 0 aromatic carbocycles. The van der Waals surface area contributed by atoms with Crippen LogP contribution in [0.15, 0.2) is 16.7 Å². The number of nitrogens with zero attached hydrogens (tertiary/aromatic N) is 1. The van der Waals surface area contributed by atoms with E-state index in [0.29, 0.717) is 6.04 Å². The van der Waals surface area contributed by atoms with Gasteiger partial charge in [-0.15, -0.1) is 0 Å². The third-order valence-corrected chi connectivity index (χ3v) is 3.41. The summed E-state index contributed by atoms with van der Waals surface area (Å²) in [6, 6.07) is 2.71. The summed E-state index contributed by atoms with van der Waals surface area (Å²) in [5.41, 5.74) is 1.29. The van der Waals surface area contributed by atoms with E-state index in [2.05, 4.69) is 23.3 Å². The van der Waals surface area contributed by atoms with Gasteiger partial charge in [0.15, 0.2) is 0 Å². The van der Waals surface area contributed by atoms with Crippen LogP contribution in [0.2, 0.25) is 0 Å². The van der Waals surface area contributed by atoms with Gasteiger partial charge in [-0.05, 0) is 33.0 Å². The Morgan fingerprint density at radius 2 is 2.18 bits per heavy atom. The van der Waals surface area contributed by atoms with E-state index in [0.717, 1.165) is 44.9 Å². The Kier molecular flexibility index (Phi) is 4.59. The van der Waals surface area contributed by atoms with Crippen LogP contribution >= 0.6 is 0 Å². The summed E-state index contributed by atoms with van der Waals surface area (Å²) in [5.74, 6) is 1.05. The Morgan fingerprint density at radius 1 is 1.41 bits per heavy atom. The second kappa shape index (κ2) is 6.19. The summed E-state index contributed by atoms with van der Waals surface area (Å²) in [5, 5.41) is 3.13. The maximum atomic E-state index is 5.48. The number of nitrogens with one attached hydrogen (secondary N) is 1. The highest BCUT2D eigenvalue weighted by molar-refractivity contribution is 5.16. The van der Waals surface area contributed by atoms with Gasteiger partial charge in [0, 0.05) is 31.4 Å². The molecule has 0 bridgehead atoms. The van der Waals surface area contributed by atoms with Gasteiger partial charge in [0.1, 0.15) is 5.76 Å². The normalized spacial score (nSPS) is 17.8. The minimum atomic E-state index is 0.640. The van der Waals surface area contributed by atoms with Crippen LogP contribution in [0.4, 0.5) is 0 Å². The first-order valence-electron chi connectivity index (χ1n) is 6.29. The maximum absolute atomic E-state index is 5.48. The summed E-state index contributed by atoms with van der Waals surface area (Å²) < 4.78 is 10.9. The molecule has 0 saturated carbocycles. The van der Waals surface area contributed by atoms with Crippen molar-refractivity contribution in [3.63, 3.8) is 0 Å². The van der Waals surface area contributed by atoms with Crippen molar-refractivity contribution in [2.24, 2.45) is 0 Å². The second-order valence-electron chi connectivity index (χ2n) is 4.66. The van der Waals surface area contributed by atoms with Crippen molar-refractivity contribution < 1.29 is 9.15 Å². The number of hydrogen-bond acceptors (Lipinski definition) is 4. The van der Waals surface area contributed by atoms with Crippen LogP contribution in [-0.4, -0.2) is 38.3 Å². The largest absolute Gasteiger partial charge is 0.468 e. The standard InChI is InChI=1S/C13H22N2O2/c1-14-9-13-11(3-8-17-13)10-15(2)12-4-6-16-7-5-12/h3,8,12,14H,4-7,9-10H2,1-2H3. The molecule has 17 heavy (non-hydrogen) atoms. The molecule has 1 aliphatic rings. The van der Waals surface area contributed by atoms with E-state index >= 15 is 0 Å². The number of furan rings is 1. The van der Waals surface area contributed by atoms with Crippen molar-refractivity contribution >= 4 is 0 Å². The van der Waals surface area contributed by atoms with Crippen molar-refractivity contribution in [2.75, 3.05) is 27.3 Å². The summed E-state index contributed by atoms with van der Waals surface area (Å²) in [6.07, 6.45) is 4.05. The van der Waals surface area contributed by atoms with Crippen molar-refractivity contribution in [2.45, 2.75) is 32.0 Å². The van der Waals surface area contributed by atoms with Gasteiger partial charge in [0.25, 0.3) is 0 Å². The fraction of sp³-hybridized carbons (Fsp3) is 0.692. The Hall–Kier alpha value is -0.840. The third kappa shape index (κ3) is 3.31. The summed E-state index contributed by atoms with van der Waals surface area (Å²) in [6.45, 7) is 3.54. The van der Waals surface area contributed by atoms with Gasteiger partial charge < -0.3 is 14.5 Å². The van der Waals surface area contributed by atoms with Crippen molar-refractivity contribution in [1.29, 1.82) is 0 Å². The Morgan fingerprint density at radius 3 is 2.88 bits per heavy atom. The van der Waals surface area contributed by atoms with Gasteiger partial charge in [-0.3, -0.25) is 4.90 Å². The molecule has 1 aliphatic heterocycles. The first kappa shape index (κ1) is 12.6. The molecule has 0 spiro atoms. The second-order valence-corrected chi connectivity index (χ2v) is 4.66. The third-order valence-electron chi connectivity index (χ3n) is 3.41. The van der Waals surface area contributed by atoms with Crippen LogP contribution in [0.1, 0.15) is 24.2 Å². The lowest BCUT2D eigenvalue weighted by molar-refractivity contribution is 0.0405. The molecule has 1 aromatic heterocycles. The lowest BCUT2D eigenvalue weighted by atomic mass is 10.1. The first-order chi connectivity index (χ1) is 8.31. The molecule has 4 nitrogen and oxygen atoms in total. The summed E-state index contributed by atoms with van der Waals surface area (Å²) in [4.78, 5) is 2.41. The van der Waals surface area contributed by atoms with Crippen molar-refractivity contribution in [1.82, 2.24) is 10.2 Å². The minimum Gasteiger partial charge on any atom is -0.468 e. The number of ether oxygens (including phenoxy) is 1. The summed E-state index contributed by atoms with van der Waals surface area (Å²) in [7, 11) is 4.13. The average Bonchev–Trinajstić information content (AvgIpc) is 2.78. The van der Waals surface area contributed by atoms with E-state index in [-0.39, 0.29) is 0 Å². The molecule has 1 N–H and O–H groups in total. The van der Waals surface area contributed by atoms with Gasteiger partial charge in [0.05, 0.1) is 12.8 Å². The zero-order valence-corrected chi connectivity index (χ0v) is 10.7. The topological polar surface area (TPSA) is 37.6 Å². The molecule has 0 radical (unpaired) electrons. The molecule has 0 amide bonds. The molecule has 0 atom stereocenters. The van der Waals surface area contributed by atoms with Crippen LogP contribution < -0.4 is 5.32 Å². The van der Waals surface area contributed by atoms with Crippen LogP contribution in [0.3, 0.4) is 0 Å². The average molecular weight is 238 g/mol. The van der Waals surface area contributed by atoms with Crippen molar-refractivity contribution in [3.8, 4) is 0 Å². The molecular formula is C13H22N2O2. The lowest BCUT2D eigenvalue weighted by Gasteiger charge is -2.31. The zero-order chi connectivity index (χ0) is 12.1. The van der Waals surface area contributed by atoms with Crippen LogP contribution in [0.25, 0.3) is 0 Å². The smallest absolute Gasteiger partial charge is 0.122 e. The fourth-order valence-corrected chi connectivity index (χ4v) is 2.35. The molecule has 1 fully saturated rings. The first-order valence-corrected chi connectivity index (χ1v) is 6.29. The van der Waals surface area contributed by atoms with Gasteiger partial charge in [0.2, 0.25) is 0 Å². The maximum Gasteiger partial charge on any atom is 0.122 e. The van der Waals surface area contributed by atoms with Gasteiger partial charge in [-0.2, -0.15) is 0 Å². The molecule has 96 valence electrons. The van der Waals surface area contributed by atoms with Crippen molar-refractivity contribution in [3.05, 3.63) is 23.7 Å². The van der Waals surface area contributed by atoms with Gasteiger partial charge in [-0.1, -0.05) is 0 Å². The lowest BCUT2D eigenvalue weighted by Crippen LogP contribution is -2.36. The van der Waals surface area contributed by atoms with Crippen LogP contribution in [-0.2, 0) is 17.8 Å². The van der Waals surface area contributed by atoms with E-state index < -0.39 is 0 Å². The van der Waals surface area contributed by atoms with Gasteiger partial charge in [-0.25, -0.2) is 0 Å². The molecule has 0 unspecified atom stereocenters. The van der Waals surface area contributed by atoms with E-state index in [1.807, 2.05) is 7.05 Å². The quantitative estimate of drug-likeness (QED) is 0.845. The summed E-state index contributed by atoms with van der Waals surface area (Å²) >= 11 is 0. The monoisotopic (exact) mass is 238 g/mol. The van der Waals surface area contributed by atoms with E-state index in [4.69, 9.17) is 9.15 Å². The Bertz CT molecular complexity index is 332. The van der Waals surface area contributed by atoms with Gasteiger partial charge >= 0.3 is 0 Å². The molecule has 1 saturated heterocycles. The molecule has 0 aliphatic carbocycles. The molecule has 1 aromatic rings. The molecule has 2 heterocycles. The highest BCUT2D eigenvalue weighted by Gasteiger charge is 2.19. The number of hydrogen-bond donors (Lipinski definition) is 1. The highest BCUT2D eigenvalue weighted by atomic mass is 16.5. The predicted molar refractivity (Wildman–Crippen MR) is 66.8 cm³/mol. The van der Waals surface area contributed by atoms with Crippen LogP contribution in [0.5, 0.6) is 0 Å². The SMILES string of the molecule is CNCc1occc1CN(C)C1CCOCC1. The highest BCUT2D eigenvalue weighted by Crippen LogP contribution is 2.18. The predicted octanol–water partition coefficient (Wildman–Crippen LogP) is 1.61. The van der Waals surface area contributed by atoms with E-state index in [9.17, 15) is 0 Å². The van der Waals surface area contributed by atoms with Crippen LogP contribution in [0, 0.1) is 0 Å². The fourth-order valence-electron chi connectivity index (χ4n) is 2.35. The van der Waals surface area contributed by atoms with E-state index in [1.54, 1.807) is 6.26 Å². The number of rotatable bonds is 5. The molecule has 4 heteroatoms. The minimum absolute atomic E-state index is 0.640.